The molecule has 0 radical (unpaired) electrons. The third kappa shape index (κ3) is 6.10. The van der Waals surface area contributed by atoms with Gasteiger partial charge in [0, 0.05) is 11.6 Å². The smallest absolute Gasteiger partial charge is 0.325 e. The van der Waals surface area contributed by atoms with Crippen molar-refractivity contribution in [1.29, 1.82) is 0 Å². The van der Waals surface area contributed by atoms with Crippen LogP contribution in [-0.4, -0.2) is 31.7 Å². The van der Waals surface area contributed by atoms with Crippen LogP contribution in [-0.2, 0) is 16.0 Å². The van der Waals surface area contributed by atoms with Gasteiger partial charge in [-0.05, 0) is 25.0 Å². The number of halogens is 1. The molecule has 0 saturated heterocycles. The summed E-state index contributed by atoms with van der Waals surface area (Å²) in [7, 11) is 0. The molecule has 0 spiro atoms. The summed E-state index contributed by atoms with van der Waals surface area (Å²) in [6.45, 7) is 2.32. The number of carbonyl (C=O) groups is 2. The number of rotatable bonds is 6. The van der Waals surface area contributed by atoms with Gasteiger partial charge in [-0.2, -0.15) is 0 Å². The lowest BCUT2D eigenvalue weighted by Gasteiger charge is -2.08. The predicted octanol–water partition coefficient (Wildman–Crippen LogP) is 1.74. The average molecular weight is 285 g/mol. The molecule has 0 unspecified atom stereocenters. The van der Waals surface area contributed by atoms with Crippen molar-refractivity contribution in [2.45, 2.75) is 13.3 Å². The highest BCUT2D eigenvalue weighted by molar-refractivity contribution is 6.31. The fourth-order valence-corrected chi connectivity index (χ4v) is 1.67. The minimum absolute atomic E-state index is 0.133. The van der Waals surface area contributed by atoms with E-state index in [4.69, 9.17) is 11.6 Å². The maximum absolute atomic E-state index is 11.4. The van der Waals surface area contributed by atoms with Gasteiger partial charge >= 0.3 is 12.0 Å². The summed E-state index contributed by atoms with van der Waals surface area (Å²) in [6.07, 6.45) is 0.631. The lowest BCUT2D eigenvalue weighted by atomic mass is 10.1. The van der Waals surface area contributed by atoms with Crippen LogP contribution in [0.5, 0.6) is 0 Å². The van der Waals surface area contributed by atoms with Crippen LogP contribution in [0.1, 0.15) is 12.5 Å². The molecule has 6 heteroatoms. The van der Waals surface area contributed by atoms with Gasteiger partial charge in [-0.15, -0.1) is 0 Å². The number of hydrogen-bond acceptors (Lipinski definition) is 3. The van der Waals surface area contributed by atoms with Crippen molar-refractivity contribution in [3.63, 3.8) is 0 Å². The lowest BCUT2D eigenvalue weighted by molar-refractivity contribution is -0.141. The molecular weight excluding hydrogens is 268 g/mol. The zero-order valence-corrected chi connectivity index (χ0v) is 11.5. The van der Waals surface area contributed by atoms with E-state index in [9.17, 15) is 9.59 Å². The zero-order valence-electron chi connectivity index (χ0n) is 10.7. The second-order valence-electron chi connectivity index (χ2n) is 3.76. The largest absolute Gasteiger partial charge is 0.465 e. The van der Waals surface area contributed by atoms with Crippen LogP contribution in [0.2, 0.25) is 5.02 Å². The quantitative estimate of drug-likeness (QED) is 0.782. The molecule has 0 fully saturated rings. The van der Waals surface area contributed by atoms with Gasteiger partial charge in [0.2, 0.25) is 0 Å². The molecule has 0 saturated carbocycles. The summed E-state index contributed by atoms with van der Waals surface area (Å²) in [4.78, 5) is 22.4. The first-order valence-electron chi connectivity index (χ1n) is 6.04. The minimum Gasteiger partial charge on any atom is -0.465 e. The summed E-state index contributed by atoms with van der Waals surface area (Å²) in [5.74, 6) is -0.455. The first-order valence-corrected chi connectivity index (χ1v) is 6.42. The molecule has 0 aliphatic rings. The number of esters is 1. The number of nitrogens with one attached hydrogen (secondary N) is 2. The Balaban J connectivity index is 2.21. The van der Waals surface area contributed by atoms with Crippen LogP contribution in [0.4, 0.5) is 4.79 Å². The highest BCUT2D eigenvalue weighted by atomic mass is 35.5. The zero-order chi connectivity index (χ0) is 14.1. The Hall–Kier alpha value is -1.75. The number of urea groups is 1. The molecule has 0 aliphatic carbocycles. The van der Waals surface area contributed by atoms with Crippen molar-refractivity contribution in [2.75, 3.05) is 19.7 Å². The van der Waals surface area contributed by atoms with Gasteiger partial charge in [0.1, 0.15) is 6.54 Å². The lowest BCUT2D eigenvalue weighted by Crippen LogP contribution is -2.39. The first kappa shape index (κ1) is 15.3. The molecule has 1 aromatic carbocycles. The van der Waals surface area contributed by atoms with E-state index in [1.165, 1.54) is 0 Å². The topological polar surface area (TPSA) is 67.4 Å². The number of hydrogen-bond donors (Lipinski definition) is 2. The minimum atomic E-state index is -0.455. The molecule has 2 amide bonds. The second kappa shape index (κ2) is 8.37. The van der Waals surface area contributed by atoms with Crippen LogP contribution in [0.15, 0.2) is 24.3 Å². The molecule has 5 nitrogen and oxygen atoms in total. The fourth-order valence-electron chi connectivity index (χ4n) is 1.44. The summed E-state index contributed by atoms with van der Waals surface area (Å²) in [5, 5.41) is 5.73. The van der Waals surface area contributed by atoms with Crippen molar-refractivity contribution in [2.24, 2.45) is 0 Å². The van der Waals surface area contributed by atoms with E-state index in [0.29, 0.717) is 24.6 Å². The van der Waals surface area contributed by atoms with Crippen LogP contribution in [0, 0.1) is 0 Å². The molecule has 0 heterocycles. The van der Waals surface area contributed by atoms with Gasteiger partial charge < -0.3 is 15.4 Å². The highest BCUT2D eigenvalue weighted by Crippen LogP contribution is 2.14. The fraction of sp³-hybridized carbons (Fsp3) is 0.385. The Morgan fingerprint density at radius 1 is 1.26 bits per heavy atom. The number of carbonyl (C=O) groups excluding carboxylic acids is 2. The summed E-state index contributed by atoms with van der Waals surface area (Å²) in [5.41, 5.74) is 0.967. The number of benzene rings is 1. The molecule has 19 heavy (non-hydrogen) atoms. The van der Waals surface area contributed by atoms with E-state index in [2.05, 4.69) is 15.4 Å². The van der Waals surface area contributed by atoms with Crippen LogP contribution >= 0.6 is 11.6 Å². The van der Waals surface area contributed by atoms with Crippen molar-refractivity contribution in [3.05, 3.63) is 34.9 Å². The molecule has 0 atom stereocenters. The SMILES string of the molecule is CCOC(=O)CNC(=O)NCCc1ccccc1Cl. The Labute approximate surface area is 117 Å². The monoisotopic (exact) mass is 284 g/mol. The maximum atomic E-state index is 11.4. The van der Waals surface area contributed by atoms with Crippen molar-refractivity contribution in [1.82, 2.24) is 10.6 Å². The van der Waals surface area contributed by atoms with Gasteiger partial charge in [-0.1, -0.05) is 29.8 Å². The van der Waals surface area contributed by atoms with E-state index in [1.54, 1.807) is 13.0 Å². The standard InChI is InChI=1S/C13H17ClN2O3/c1-2-19-12(17)9-16-13(18)15-8-7-10-5-3-4-6-11(10)14/h3-6H,2,7-9H2,1H3,(H2,15,16,18). The van der Waals surface area contributed by atoms with E-state index in [-0.39, 0.29) is 6.54 Å². The average Bonchev–Trinajstić information content (AvgIpc) is 2.39. The first-order chi connectivity index (χ1) is 9.13. The Morgan fingerprint density at radius 2 is 2.00 bits per heavy atom. The van der Waals surface area contributed by atoms with Crippen molar-refractivity contribution >= 4 is 23.6 Å². The second-order valence-corrected chi connectivity index (χ2v) is 4.16. The Morgan fingerprint density at radius 3 is 2.68 bits per heavy atom. The Bertz CT molecular complexity index is 438. The van der Waals surface area contributed by atoms with Crippen LogP contribution in [0.3, 0.4) is 0 Å². The molecule has 1 rings (SSSR count). The molecule has 0 aromatic heterocycles. The third-order valence-corrected chi connectivity index (χ3v) is 2.71. The molecule has 2 N–H and O–H groups in total. The molecule has 0 aliphatic heterocycles. The summed E-state index contributed by atoms with van der Waals surface area (Å²) in [6, 6.07) is 7.05. The molecule has 1 aromatic rings. The van der Waals surface area contributed by atoms with E-state index in [1.807, 2.05) is 18.2 Å². The van der Waals surface area contributed by atoms with Crippen LogP contribution in [0.25, 0.3) is 0 Å². The van der Waals surface area contributed by atoms with Gasteiger partial charge in [0.05, 0.1) is 6.61 Å². The predicted molar refractivity (Wildman–Crippen MR) is 73.2 cm³/mol. The molecule has 104 valence electrons. The van der Waals surface area contributed by atoms with E-state index in [0.717, 1.165) is 5.56 Å². The highest BCUT2D eigenvalue weighted by Gasteiger charge is 2.05. The van der Waals surface area contributed by atoms with E-state index < -0.39 is 12.0 Å². The number of amides is 2. The summed E-state index contributed by atoms with van der Waals surface area (Å²) >= 11 is 5.99. The van der Waals surface area contributed by atoms with Gasteiger partial charge in [-0.3, -0.25) is 4.79 Å². The van der Waals surface area contributed by atoms with E-state index >= 15 is 0 Å². The normalized spacial score (nSPS) is 9.79. The van der Waals surface area contributed by atoms with Gasteiger partial charge in [0.25, 0.3) is 0 Å². The van der Waals surface area contributed by atoms with Crippen LogP contribution < -0.4 is 10.6 Å². The Kier molecular flexibility index (Phi) is 6.74. The van der Waals surface area contributed by atoms with Crippen molar-refractivity contribution < 1.29 is 14.3 Å². The summed E-state index contributed by atoms with van der Waals surface area (Å²) < 4.78 is 4.68. The third-order valence-electron chi connectivity index (χ3n) is 2.34. The maximum Gasteiger partial charge on any atom is 0.325 e. The number of ether oxygens (including phenoxy) is 1. The van der Waals surface area contributed by atoms with Gasteiger partial charge in [0.15, 0.2) is 0 Å². The van der Waals surface area contributed by atoms with Crippen molar-refractivity contribution in [3.8, 4) is 0 Å². The molecule has 0 bridgehead atoms. The molecular formula is C13H17ClN2O3. The van der Waals surface area contributed by atoms with Gasteiger partial charge in [-0.25, -0.2) is 4.79 Å².